The van der Waals surface area contributed by atoms with Gasteiger partial charge < -0.3 is 13.7 Å². The minimum atomic E-state index is 0.850. The number of rotatable bonds is 6. The number of hydrogen-bond acceptors (Lipinski definition) is 3. The van der Waals surface area contributed by atoms with Crippen LogP contribution in [0.4, 0.5) is 17.1 Å². The van der Waals surface area contributed by atoms with E-state index < -0.39 is 0 Å². The quantitative estimate of drug-likeness (QED) is 0.173. The van der Waals surface area contributed by atoms with Crippen molar-refractivity contribution in [2.24, 2.45) is 0 Å². The third-order valence-electron chi connectivity index (χ3n) is 10.9. The van der Waals surface area contributed by atoms with E-state index in [-0.39, 0.29) is 0 Å². The first-order valence-corrected chi connectivity index (χ1v) is 18.7. The zero-order valence-corrected chi connectivity index (χ0v) is 29.8. The lowest BCUT2D eigenvalue weighted by Gasteiger charge is -2.26. The molecule has 9 aromatic carbocycles. The number of hydrogen-bond donors (Lipinski definition) is 0. The summed E-state index contributed by atoms with van der Waals surface area (Å²) in [6.45, 7) is 0. The topological polar surface area (TPSA) is 29.5 Å². The van der Waals surface area contributed by atoms with Crippen LogP contribution in [0.5, 0.6) is 0 Å². The molecule has 3 heteroatoms. The summed E-state index contributed by atoms with van der Waals surface area (Å²) in [5, 5.41) is 6.81. The maximum atomic E-state index is 6.83. The number of benzene rings is 9. The van der Waals surface area contributed by atoms with E-state index in [0.29, 0.717) is 0 Å². The number of furan rings is 2. The molecule has 0 aliphatic carbocycles. The molecule has 0 unspecified atom stereocenters. The number of anilines is 3. The predicted molar refractivity (Wildman–Crippen MR) is 229 cm³/mol. The summed E-state index contributed by atoms with van der Waals surface area (Å²) >= 11 is 0. The molecule has 0 amide bonds. The van der Waals surface area contributed by atoms with E-state index in [1.807, 2.05) is 18.2 Å². The van der Waals surface area contributed by atoms with Crippen molar-refractivity contribution >= 4 is 71.7 Å². The summed E-state index contributed by atoms with van der Waals surface area (Å²) in [6.07, 6.45) is 0. The Kier molecular flexibility index (Phi) is 7.17. The van der Waals surface area contributed by atoms with E-state index >= 15 is 0 Å². The Morgan fingerprint density at radius 1 is 0.327 bits per heavy atom. The molecule has 258 valence electrons. The fourth-order valence-corrected chi connectivity index (χ4v) is 8.17. The molecule has 2 aromatic heterocycles. The van der Waals surface area contributed by atoms with Crippen LogP contribution in [-0.2, 0) is 0 Å². The van der Waals surface area contributed by atoms with Gasteiger partial charge in [-0.15, -0.1) is 0 Å². The van der Waals surface area contributed by atoms with Crippen molar-refractivity contribution in [2.45, 2.75) is 0 Å². The van der Waals surface area contributed by atoms with Gasteiger partial charge in [-0.3, -0.25) is 0 Å². The van der Waals surface area contributed by atoms with Crippen LogP contribution in [0.1, 0.15) is 0 Å². The van der Waals surface area contributed by atoms with E-state index in [9.17, 15) is 0 Å². The van der Waals surface area contributed by atoms with Gasteiger partial charge in [-0.1, -0.05) is 140 Å². The predicted octanol–water partition coefficient (Wildman–Crippen LogP) is 15.1. The molecule has 0 saturated heterocycles. The highest BCUT2D eigenvalue weighted by Gasteiger charge is 2.22. The first kappa shape index (κ1) is 31.2. The van der Waals surface area contributed by atoms with Crippen LogP contribution in [0.15, 0.2) is 209 Å². The standard InChI is InChI=1S/C52H33NO2/c1-3-11-34(12-4-1)37-19-20-39-32-42(27-23-38(39)31-37)53(41-25-21-35(22-26-41)40-24-30-50-46(33-40)44-15-7-9-17-48(44)54-50)47-29-28-43(36-13-5-2-6-14-36)51-45-16-8-10-18-49(45)55-52(47)51/h1-33H. The molecule has 0 saturated carbocycles. The molecular formula is C52H33NO2. The molecule has 11 aromatic rings. The van der Waals surface area contributed by atoms with Crippen LogP contribution in [-0.4, -0.2) is 0 Å². The molecule has 3 nitrogen and oxygen atoms in total. The molecule has 0 aliphatic rings. The molecule has 0 bridgehead atoms. The van der Waals surface area contributed by atoms with Gasteiger partial charge in [-0.25, -0.2) is 0 Å². The average molecular weight is 704 g/mol. The molecule has 55 heavy (non-hydrogen) atoms. The average Bonchev–Trinajstić information content (AvgIpc) is 3.83. The maximum Gasteiger partial charge on any atom is 0.160 e. The molecule has 0 spiro atoms. The fourth-order valence-electron chi connectivity index (χ4n) is 8.17. The molecule has 0 aliphatic heterocycles. The van der Waals surface area contributed by atoms with Gasteiger partial charge in [0.15, 0.2) is 5.58 Å². The molecule has 0 atom stereocenters. The smallest absolute Gasteiger partial charge is 0.160 e. The van der Waals surface area contributed by atoms with Gasteiger partial charge >= 0.3 is 0 Å². The van der Waals surface area contributed by atoms with Gasteiger partial charge in [0.05, 0.1) is 5.69 Å². The lowest BCUT2D eigenvalue weighted by Crippen LogP contribution is -2.10. The largest absolute Gasteiger partial charge is 0.456 e. The normalized spacial score (nSPS) is 11.6. The zero-order valence-electron chi connectivity index (χ0n) is 29.8. The third-order valence-corrected chi connectivity index (χ3v) is 10.9. The minimum Gasteiger partial charge on any atom is -0.456 e. The third kappa shape index (κ3) is 5.28. The minimum absolute atomic E-state index is 0.850. The van der Waals surface area contributed by atoms with Crippen LogP contribution in [0.25, 0.3) is 88.0 Å². The lowest BCUT2D eigenvalue weighted by atomic mass is 9.97. The molecular weight excluding hydrogens is 671 g/mol. The second-order valence-corrected chi connectivity index (χ2v) is 14.1. The van der Waals surface area contributed by atoms with Crippen molar-refractivity contribution in [1.29, 1.82) is 0 Å². The van der Waals surface area contributed by atoms with Gasteiger partial charge in [0.2, 0.25) is 0 Å². The highest BCUT2D eigenvalue weighted by molar-refractivity contribution is 6.17. The number of nitrogens with zero attached hydrogens (tertiary/aromatic N) is 1. The van der Waals surface area contributed by atoms with Gasteiger partial charge in [-0.05, 0) is 105 Å². The first-order chi connectivity index (χ1) is 27.2. The summed E-state index contributed by atoms with van der Waals surface area (Å²) in [4.78, 5) is 2.33. The van der Waals surface area contributed by atoms with Crippen molar-refractivity contribution in [1.82, 2.24) is 0 Å². The monoisotopic (exact) mass is 703 g/mol. The highest BCUT2D eigenvalue weighted by atomic mass is 16.3. The SMILES string of the molecule is c1ccc(-c2ccc3cc(N(c4ccc(-c5ccc6oc7ccccc7c6c5)cc4)c4ccc(-c5ccccc5)c5c4oc4ccccc45)ccc3c2)cc1. The van der Waals surface area contributed by atoms with Gasteiger partial charge in [0, 0.05) is 32.9 Å². The molecule has 0 N–H and O–H groups in total. The van der Waals surface area contributed by atoms with Gasteiger partial charge in [0.25, 0.3) is 0 Å². The van der Waals surface area contributed by atoms with Crippen LogP contribution < -0.4 is 4.90 Å². The van der Waals surface area contributed by atoms with Crippen molar-refractivity contribution in [2.75, 3.05) is 4.90 Å². The Morgan fingerprint density at radius 3 is 1.69 bits per heavy atom. The van der Waals surface area contributed by atoms with Gasteiger partial charge in [0.1, 0.15) is 16.7 Å². The van der Waals surface area contributed by atoms with Gasteiger partial charge in [-0.2, -0.15) is 0 Å². The van der Waals surface area contributed by atoms with Crippen LogP contribution in [0.2, 0.25) is 0 Å². The Balaban J connectivity index is 1.09. The van der Waals surface area contributed by atoms with Crippen LogP contribution >= 0.6 is 0 Å². The Labute approximate surface area is 317 Å². The number of fused-ring (bicyclic) bond motifs is 7. The second kappa shape index (κ2) is 12.6. The van der Waals surface area contributed by atoms with Crippen molar-refractivity contribution in [3.63, 3.8) is 0 Å². The van der Waals surface area contributed by atoms with Crippen molar-refractivity contribution in [3.8, 4) is 33.4 Å². The molecule has 0 fully saturated rings. The van der Waals surface area contributed by atoms with Crippen LogP contribution in [0.3, 0.4) is 0 Å². The van der Waals surface area contributed by atoms with Crippen LogP contribution in [0, 0.1) is 0 Å². The highest BCUT2D eigenvalue weighted by Crippen LogP contribution is 2.46. The zero-order chi connectivity index (χ0) is 36.3. The van der Waals surface area contributed by atoms with E-state index in [1.165, 1.54) is 21.9 Å². The summed E-state index contributed by atoms with van der Waals surface area (Å²) in [5.41, 5.74) is 13.6. The van der Waals surface area contributed by atoms with Crippen molar-refractivity contribution < 1.29 is 8.83 Å². The van der Waals surface area contributed by atoms with E-state index in [2.05, 4.69) is 187 Å². The lowest BCUT2D eigenvalue weighted by molar-refractivity contribution is 0.668. The van der Waals surface area contributed by atoms with E-state index in [0.717, 1.165) is 83.2 Å². The molecule has 2 heterocycles. The summed E-state index contributed by atoms with van der Waals surface area (Å²) in [6, 6.07) is 71.0. The fraction of sp³-hybridized carbons (Fsp3) is 0. The summed E-state index contributed by atoms with van der Waals surface area (Å²) in [5.74, 6) is 0. The Bertz CT molecular complexity index is 3190. The summed E-state index contributed by atoms with van der Waals surface area (Å²) < 4.78 is 13.0. The van der Waals surface area contributed by atoms with E-state index in [1.54, 1.807) is 0 Å². The van der Waals surface area contributed by atoms with E-state index in [4.69, 9.17) is 8.83 Å². The first-order valence-electron chi connectivity index (χ1n) is 18.7. The number of para-hydroxylation sites is 2. The van der Waals surface area contributed by atoms with Crippen molar-refractivity contribution in [3.05, 3.63) is 200 Å². The summed E-state index contributed by atoms with van der Waals surface area (Å²) in [7, 11) is 0. The second-order valence-electron chi connectivity index (χ2n) is 14.1. The molecule has 0 radical (unpaired) electrons. The maximum absolute atomic E-state index is 6.83. The molecule has 11 rings (SSSR count). The Morgan fingerprint density at radius 2 is 0.891 bits per heavy atom. The Hall–Kier alpha value is -7.36.